The molecule has 0 saturated heterocycles. The van der Waals surface area contributed by atoms with Crippen molar-refractivity contribution in [1.82, 2.24) is 0 Å². The van der Waals surface area contributed by atoms with E-state index in [-0.39, 0.29) is 43.7 Å². The van der Waals surface area contributed by atoms with Gasteiger partial charge in [0, 0.05) is 0 Å². The van der Waals surface area contributed by atoms with Crippen molar-refractivity contribution in [2.45, 2.75) is 0 Å². The SMILES string of the molecule is [B]c1c([B])c([B])c2c(-c3cccc4ccccc34)c3c([B])c([B])c([B])c([B])c3c(-c3ccc4ccccc4c3)c2c1[B]. The Bertz CT molecular complexity index is 2200. The van der Waals surface area contributed by atoms with E-state index in [4.69, 9.17) is 62.8 Å². The highest BCUT2D eigenvalue weighted by Gasteiger charge is 2.25. The van der Waals surface area contributed by atoms with Crippen LogP contribution in [0, 0.1) is 0 Å². The summed E-state index contributed by atoms with van der Waals surface area (Å²) in [6.07, 6.45) is 0. The van der Waals surface area contributed by atoms with Crippen LogP contribution in [-0.2, 0) is 0 Å². The summed E-state index contributed by atoms with van der Waals surface area (Å²) in [6, 6.07) is 28.3. The smallest absolute Gasteiger partial charge is 0.110 e. The van der Waals surface area contributed by atoms with E-state index >= 15 is 0 Å². The first-order valence-corrected chi connectivity index (χ1v) is 13.4. The van der Waals surface area contributed by atoms with Crippen LogP contribution < -0.4 is 43.7 Å². The molecule has 42 heavy (non-hydrogen) atoms. The van der Waals surface area contributed by atoms with Crippen molar-refractivity contribution in [3.8, 4) is 22.3 Å². The Labute approximate surface area is 255 Å². The normalized spacial score (nSPS) is 11.6. The topological polar surface area (TPSA) is 0 Å². The minimum Gasteiger partial charge on any atom is -0.110 e. The highest BCUT2D eigenvalue weighted by molar-refractivity contribution is 6.71. The van der Waals surface area contributed by atoms with Crippen LogP contribution in [0.5, 0.6) is 0 Å². The van der Waals surface area contributed by atoms with Crippen molar-refractivity contribution in [2.75, 3.05) is 0 Å². The maximum atomic E-state index is 6.87. The second kappa shape index (κ2) is 9.84. The van der Waals surface area contributed by atoms with Gasteiger partial charge in [-0.25, -0.2) is 0 Å². The van der Waals surface area contributed by atoms with Crippen LogP contribution in [-0.4, -0.2) is 62.8 Å². The van der Waals surface area contributed by atoms with Crippen molar-refractivity contribution >= 4 is 150 Å². The Morgan fingerprint density at radius 2 is 0.786 bits per heavy atom. The number of hydrogen-bond donors (Lipinski definition) is 0. The van der Waals surface area contributed by atoms with E-state index in [1.807, 2.05) is 72.8 Å². The van der Waals surface area contributed by atoms with Crippen LogP contribution in [0.4, 0.5) is 0 Å². The largest absolute Gasteiger partial charge is 0.113 e. The van der Waals surface area contributed by atoms with Crippen LogP contribution in [0.1, 0.15) is 0 Å². The number of fused-ring (bicyclic) bond motifs is 4. The quantitative estimate of drug-likeness (QED) is 0.228. The molecule has 8 heteroatoms. The number of hydrogen-bond acceptors (Lipinski definition) is 0. The van der Waals surface area contributed by atoms with Crippen molar-refractivity contribution in [1.29, 1.82) is 0 Å². The molecule has 0 aliphatic rings. The summed E-state index contributed by atoms with van der Waals surface area (Å²) in [6.45, 7) is 0. The Morgan fingerprint density at radius 3 is 1.36 bits per heavy atom. The summed E-state index contributed by atoms with van der Waals surface area (Å²) in [5.74, 6) is 0. The fraction of sp³-hybridized carbons (Fsp3) is 0. The molecule has 0 saturated carbocycles. The molecule has 0 unspecified atom stereocenters. The lowest BCUT2D eigenvalue weighted by Crippen LogP contribution is -2.50. The van der Waals surface area contributed by atoms with Gasteiger partial charge in [0.25, 0.3) is 0 Å². The average Bonchev–Trinajstić information content (AvgIpc) is 3.02. The molecule has 0 atom stereocenters. The Hall–Kier alpha value is -3.90. The Morgan fingerprint density at radius 1 is 0.333 bits per heavy atom. The monoisotopic (exact) mass is 510 g/mol. The van der Waals surface area contributed by atoms with Gasteiger partial charge in [-0.3, -0.25) is 0 Å². The molecule has 0 fully saturated rings. The van der Waals surface area contributed by atoms with Crippen molar-refractivity contribution in [3.05, 3.63) is 84.9 Å². The van der Waals surface area contributed by atoms with Gasteiger partial charge in [-0.1, -0.05) is 101 Å². The van der Waals surface area contributed by atoms with Crippen LogP contribution in [0.2, 0.25) is 0 Å². The van der Waals surface area contributed by atoms with Gasteiger partial charge in [0.15, 0.2) is 0 Å². The maximum absolute atomic E-state index is 6.87. The third-order valence-electron chi connectivity index (χ3n) is 8.42. The van der Waals surface area contributed by atoms with Gasteiger partial charge in [-0.15, -0.1) is 21.9 Å². The zero-order valence-electron chi connectivity index (χ0n) is 22.7. The molecular weight excluding hydrogens is 495 g/mol. The molecule has 0 heterocycles. The fourth-order valence-electron chi connectivity index (χ4n) is 6.29. The van der Waals surface area contributed by atoms with Crippen molar-refractivity contribution in [3.63, 3.8) is 0 Å². The molecule has 0 nitrogen and oxygen atoms in total. The zero-order chi connectivity index (χ0) is 29.4. The van der Waals surface area contributed by atoms with Gasteiger partial charge in [-0.2, -0.15) is 0 Å². The average molecular weight is 509 g/mol. The lowest BCUT2D eigenvalue weighted by atomic mass is 9.59. The van der Waals surface area contributed by atoms with Gasteiger partial charge >= 0.3 is 0 Å². The molecule has 0 aromatic heterocycles. The maximum Gasteiger partial charge on any atom is 0.113 e. The summed E-state index contributed by atoms with van der Waals surface area (Å²) < 4.78 is 0. The molecule has 0 amide bonds. The standard InChI is InChI=1S/C34H14B8/c35-27-23-21(18-13-12-15-6-1-2-8-17(15)14-18)24-26(30(38)34(42)32(40)28(24)36)22(25(23)29(37)33(41)31(27)39)20-11-5-9-16-7-3-4-10-19(16)20/h1-14H. The molecule has 0 N–H and O–H groups in total. The molecule has 0 aliphatic heterocycles. The second-order valence-corrected chi connectivity index (χ2v) is 10.6. The first-order chi connectivity index (χ1) is 20.2. The lowest BCUT2D eigenvalue weighted by molar-refractivity contribution is 1.72. The van der Waals surface area contributed by atoms with Crippen molar-refractivity contribution < 1.29 is 0 Å². The van der Waals surface area contributed by atoms with E-state index in [2.05, 4.69) is 12.1 Å². The predicted octanol–water partition coefficient (Wildman–Crippen LogP) is -0.0162. The van der Waals surface area contributed by atoms with Crippen molar-refractivity contribution in [2.24, 2.45) is 0 Å². The van der Waals surface area contributed by atoms with Gasteiger partial charge in [0.2, 0.25) is 0 Å². The third-order valence-corrected chi connectivity index (χ3v) is 8.42. The molecular formula is C34H14B8. The minimum absolute atomic E-state index is 0.195. The predicted molar refractivity (Wildman–Crippen MR) is 190 cm³/mol. The van der Waals surface area contributed by atoms with E-state index in [1.165, 1.54) is 0 Å². The molecule has 7 rings (SSSR count). The summed E-state index contributed by atoms with van der Waals surface area (Å²) in [4.78, 5) is 0. The van der Waals surface area contributed by atoms with Gasteiger partial charge in [0.05, 0.1) is 0 Å². The molecule has 0 bridgehead atoms. The summed E-state index contributed by atoms with van der Waals surface area (Å²) in [5, 5.41) is 6.56. The minimum atomic E-state index is 0.195. The van der Waals surface area contributed by atoms with E-state index in [0.29, 0.717) is 32.7 Å². The molecule has 174 valence electrons. The van der Waals surface area contributed by atoms with Gasteiger partial charge < -0.3 is 0 Å². The Balaban J connectivity index is 1.85. The molecule has 7 aromatic carbocycles. The lowest BCUT2D eigenvalue weighted by Gasteiger charge is -2.29. The Kier molecular flexibility index (Phi) is 6.32. The first-order valence-electron chi connectivity index (χ1n) is 13.4. The molecule has 7 aromatic rings. The van der Waals surface area contributed by atoms with E-state index in [1.54, 1.807) is 0 Å². The van der Waals surface area contributed by atoms with E-state index in [0.717, 1.165) is 32.7 Å². The number of rotatable bonds is 2. The van der Waals surface area contributed by atoms with Gasteiger partial charge in [-0.05, 0) is 71.4 Å². The van der Waals surface area contributed by atoms with Crippen LogP contribution in [0.25, 0.3) is 65.3 Å². The summed E-state index contributed by atoms with van der Waals surface area (Å²) >= 11 is 0. The summed E-state index contributed by atoms with van der Waals surface area (Å²) in [5.41, 5.74) is 5.02. The van der Waals surface area contributed by atoms with Gasteiger partial charge in [0.1, 0.15) is 62.8 Å². The van der Waals surface area contributed by atoms with Crippen LogP contribution in [0.15, 0.2) is 84.9 Å². The fourth-order valence-corrected chi connectivity index (χ4v) is 6.29. The second-order valence-electron chi connectivity index (χ2n) is 10.6. The summed E-state index contributed by atoms with van der Waals surface area (Å²) in [7, 11) is 53.5. The van der Waals surface area contributed by atoms with E-state index in [9.17, 15) is 0 Å². The zero-order valence-corrected chi connectivity index (χ0v) is 22.7. The highest BCUT2D eigenvalue weighted by atomic mass is 14.2. The van der Waals surface area contributed by atoms with Crippen LogP contribution >= 0.6 is 0 Å². The molecule has 16 radical (unpaired) electrons. The first kappa shape index (κ1) is 27.0. The van der Waals surface area contributed by atoms with Crippen LogP contribution in [0.3, 0.4) is 0 Å². The third kappa shape index (κ3) is 3.74. The molecule has 0 spiro atoms. The highest BCUT2D eigenvalue weighted by Crippen LogP contribution is 2.43. The molecule has 0 aliphatic carbocycles. The van der Waals surface area contributed by atoms with E-state index < -0.39 is 0 Å². The number of benzene rings is 7.